The number of allylic oxidation sites excluding steroid dienone is 4. The Morgan fingerprint density at radius 2 is 0.761 bits per heavy atom. The minimum Gasteiger partial charge on any atom is -0.309 e. The fourth-order valence-corrected chi connectivity index (χ4v) is 18.1. The zero-order valence-electron chi connectivity index (χ0n) is 39.4. The molecule has 0 N–H and O–H groups in total. The number of benzene rings is 10. The molecule has 3 unspecified atom stereocenters. The third-order valence-electron chi connectivity index (χ3n) is 15.5. The summed E-state index contributed by atoms with van der Waals surface area (Å²) < 4.78 is 7.44. The molecule has 336 valence electrons. The van der Waals surface area contributed by atoms with E-state index in [0.717, 1.165) is 5.69 Å². The van der Waals surface area contributed by atoms with E-state index in [1.807, 2.05) is 0 Å². The Morgan fingerprint density at radius 3 is 1.38 bits per heavy atom. The Balaban J connectivity index is 0.997. The van der Waals surface area contributed by atoms with E-state index in [1.165, 1.54) is 103 Å². The van der Waals surface area contributed by atoms with E-state index in [1.54, 1.807) is 0 Å². The molecule has 0 amide bonds. The lowest BCUT2D eigenvalue weighted by Crippen LogP contribution is -2.70. The van der Waals surface area contributed by atoms with Crippen molar-refractivity contribution >= 4 is 89.1 Å². The SMILES string of the molecule is CC1C=CC=CC1[Si](c1ccccc1)(c1ccc(-c2ccc3c(c2)c2ccccc2n3-c2ccccc2)cc1)c1cccc(-n2c3ccccc3c3ccc4c5ccccc5n(-c5ccccc5)c4c32)c1. The molecule has 10 aromatic carbocycles. The Morgan fingerprint density at radius 1 is 0.310 bits per heavy atom. The first-order chi connectivity index (χ1) is 35.2. The first-order valence-electron chi connectivity index (χ1n) is 24.9. The van der Waals surface area contributed by atoms with Crippen LogP contribution in [0.15, 0.2) is 267 Å². The molecular formula is C67H49N3Si. The number of rotatable bonds is 8. The Bertz CT molecular complexity index is 4230. The van der Waals surface area contributed by atoms with Crippen molar-refractivity contribution in [1.82, 2.24) is 13.7 Å². The van der Waals surface area contributed by atoms with Crippen LogP contribution in [0.1, 0.15) is 6.92 Å². The van der Waals surface area contributed by atoms with E-state index in [4.69, 9.17) is 0 Å². The highest BCUT2D eigenvalue weighted by atomic mass is 28.3. The second-order valence-electron chi connectivity index (χ2n) is 19.3. The summed E-state index contributed by atoms with van der Waals surface area (Å²) in [6.07, 6.45) is 9.47. The maximum absolute atomic E-state index is 2.91. The molecule has 0 saturated heterocycles. The lowest BCUT2D eigenvalue weighted by Gasteiger charge is -2.42. The predicted octanol–water partition coefficient (Wildman–Crippen LogP) is 15.2. The van der Waals surface area contributed by atoms with Gasteiger partial charge in [-0.15, -0.1) is 0 Å². The van der Waals surface area contributed by atoms with Crippen molar-refractivity contribution in [3.05, 3.63) is 267 Å². The molecular weight excluding hydrogens is 875 g/mol. The topological polar surface area (TPSA) is 14.8 Å². The van der Waals surface area contributed by atoms with Crippen molar-refractivity contribution in [2.45, 2.75) is 12.5 Å². The van der Waals surface area contributed by atoms with Crippen molar-refractivity contribution in [1.29, 1.82) is 0 Å². The van der Waals surface area contributed by atoms with Crippen LogP contribution in [0.2, 0.25) is 5.54 Å². The van der Waals surface area contributed by atoms with Gasteiger partial charge in [0.05, 0.1) is 33.1 Å². The molecule has 71 heavy (non-hydrogen) atoms. The van der Waals surface area contributed by atoms with Gasteiger partial charge in [-0.2, -0.15) is 0 Å². The molecule has 0 radical (unpaired) electrons. The van der Waals surface area contributed by atoms with Crippen LogP contribution in [0.4, 0.5) is 0 Å². The Labute approximate surface area is 414 Å². The molecule has 14 rings (SSSR count). The molecule has 0 bridgehead atoms. The average molecular weight is 924 g/mol. The summed E-state index contributed by atoms with van der Waals surface area (Å²) >= 11 is 0. The van der Waals surface area contributed by atoms with Crippen LogP contribution in [0.25, 0.3) is 93.6 Å². The van der Waals surface area contributed by atoms with Gasteiger partial charge in [0.25, 0.3) is 0 Å². The summed E-state index contributed by atoms with van der Waals surface area (Å²) in [5.74, 6) is 0.314. The van der Waals surface area contributed by atoms with Crippen LogP contribution < -0.4 is 15.6 Å². The van der Waals surface area contributed by atoms with Crippen LogP contribution >= 0.6 is 0 Å². The van der Waals surface area contributed by atoms with Gasteiger partial charge in [-0.25, -0.2) is 0 Å². The molecule has 13 aromatic rings. The predicted molar refractivity (Wildman–Crippen MR) is 304 cm³/mol. The number of aromatic nitrogens is 3. The molecule has 4 heteroatoms. The highest BCUT2D eigenvalue weighted by Gasteiger charge is 2.47. The van der Waals surface area contributed by atoms with Gasteiger partial charge in [0, 0.05) is 49.4 Å². The standard InChI is InChI=1S/C67H49N3Si/c1-46-20-11-18-35-65(46)71(52-26-9-4-10-27-52,53-39-36-47(37-40-53)48-38-43-64-60(44-48)57-31-14-15-32-61(57)68(64)49-21-5-2-6-22-49)54-28-19-25-51(45-54)70-63-34-17-13-30-56(63)59-42-41-58-55-29-12-16-33-62(55)69(66(58)67(59)70)50-23-7-3-8-24-50/h2-46,65H,1H3. The average Bonchev–Trinajstić information content (AvgIpc) is 4.08. The van der Waals surface area contributed by atoms with Crippen molar-refractivity contribution in [3.8, 4) is 28.2 Å². The van der Waals surface area contributed by atoms with Gasteiger partial charge in [-0.05, 0) is 105 Å². The van der Waals surface area contributed by atoms with Gasteiger partial charge < -0.3 is 13.7 Å². The fraction of sp³-hybridized carbons (Fsp3) is 0.0448. The molecule has 3 heterocycles. The molecule has 0 saturated carbocycles. The van der Waals surface area contributed by atoms with Crippen molar-refractivity contribution < 1.29 is 0 Å². The van der Waals surface area contributed by atoms with Crippen LogP contribution in [0.5, 0.6) is 0 Å². The van der Waals surface area contributed by atoms with E-state index in [0.29, 0.717) is 5.92 Å². The lowest BCUT2D eigenvalue weighted by molar-refractivity contribution is 0.720. The van der Waals surface area contributed by atoms with E-state index < -0.39 is 8.07 Å². The zero-order valence-corrected chi connectivity index (χ0v) is 40.4. The maximum atomic E-state index is 2.56. The summed E-state index contributed by atoms with van der Waals surface area (Å²) in [5.41, 5.74) is 13.4. The number of hydrogen-bond acceptors (Lipinski definition) is 0. The molecule has 0 fully saturated rings. The molecule has 3 aromatic heterocycles. The van der Waals surface area contributed by atoms with Crippen LogP contribution in [-0.2, 0) is 0 Å². The third kappa shape index (κ3) is 6.28. The highest BCUT2D eigenvalue weighted by molar-refractivity contribution is 7.12. The van der Waals surface area contributed by atoms with E-state index in [-0.39, 0.29) is 5.54 Å². The molecule has 3 nitrogen and oxygen atoms in total. The second-order valence-corrected chi connectivity index (χ2v) is 23.3. The Hall–Kier alpha value is -8.70. The first kappa shape index (κ1) is 41.3. The summed E-state index contributed by atoms with van der Waals surface area (Å²) in [5, 5.41) is 11.7. The number of nitrogens with zero attached hydrogens (tertiary/aromatic N) is 3. The third-order valence-corrected chi connectivity index (χ3v) is 21.0. The van der Waals surface area contributed by atoms with Crippen LogP contribution in [0.3, 0.4) is 0 Å². The number of hydrogen-bond donors (Lipinski definition) is 0. The minimum atomic E-state index is -2.91. The number of para-hydroxylation sites is 5. The van der Waals surface area contributed by atoms with Gasteiger partial charge in [0.2, 0.25) is 0 Å². The van der Waals surface area contributed by atoms with Gasteiger partial charge in [0.15, 0.2) is 8.07 Å². The van der Waals surface area contributed by atoms with Gasteiger partial charge in [0.1, 0.15) is 0 Å². The Kier molecular flexibility index (Phi) is 9.58. The van der Waals surface area contributed by atoms with Crippen LogP contribution in [-0.4, -0.2) is 21.8 Å². The molecule has 1 aliphatic carbocycles. The minimum absolute atomic E-state index is 0.252. The number of fused-ring (bicyclic) bond motifs is 10. The zero-order chi connectivity index (χ0) is 47.0. The summed E-state index contributed by atoms with van der Waals surface area (Å²) in [7, 11) is -2.91. The first-order valence-corrected chi connectivity index (χ1v) is 27.0. The quantitative estimate of drug-likeness (QED) is 0.107. The van der Waals surface area contributed by atoms with Crippen LogP contribution in [0, 0.1) is 5.92 Å². The van der Waals surface area contributed by atoms with Crippen molar-refractivity contribution in [2.24, 2.45) is 5.92 Å². The molecule has 1 aliphatic rings. The smallest absolute Gasteiger partial charge is 0.155 e. The fourth-order valence-electron chi connectivity index (χ4n) is 12.5. The van der Waals surface area contributed by atoms with Gasteiger partial charge >= 0.3 is 0 Å². The van der Waals surface area contributed by atoms with Gasteiger partial charge in [-0.1, -0.05) is 207 Å². The van der Waals surface area contributed by atoms with E-state index in [2.05, 4.69) is 288 Å². The summed E-state index contributed by atoms with van der Waals surface area (Å²) in [6, 6.07) is 90.8. The lowest BCUT2D eigenvalue weighted by atomic mass is 10.0. The second kappa shape index (κ2) is 16.5. The maximum Gasteiger partial charge on any atom is 0.155 e. The normalized spacial score (nSPS) is 15.7. The van der Waals surface area contributed by atoms with E-state index >= 15 is 0 Å². The van der Waals surface area contributed by atoms with Gasteiger partial charge in [-0.3, -0.25) is 0 Å². The van der Waals surface area contributed by atoms with Crippen molar-refractivity contribution in [3.63, 3.8) is 0 Å². The summed E-state index contributed by atoms with van der Waals surface area (Å²) in [6.45, 7) is 2.42. The highest BCUT2D eigenvalue weighted by Crippen LogP contribution is 2.43. The van der Waals surface area contributed by atoms with Crippen molar-refractivity contribution in [2.75, 3.05) is 0 Å². The molecule has 3 atom stereocenters. The summed E-state index contributed by atoms with van der Waals surface area (Å²) in [4.78, 5) is 0. The molecule has 0 aliphatic heterocycles. The largest absolute Gasteiger partial charge is 0.309 e. The monoisotopic (exact) mass is 923 g/mol. The van der Waals surface area contributed by atoms with E-state index in [9.17, 15) is 0 Å². The molecule has 0 spiro atoms.